The number of carbonyl (C=O) groups is 2. The lowest BCUT2D eigenvalue weighted by molar-refractivity contribution is -0.160. The summed E-state index contributed by atoms with van der Waals surface area (Å²) in [4.78, 5) is 24.2. The summed E-state index contributed by atoms with van der Waals surface area (Å²) in [6, 6.07) is 0. The fourth-order valence-electron chi connectivity index (χ4n) is 2.42. The van der Waals surface area contributed by atoms with Crippen LogP contribution in [0.1, 0.15) is 27.2 Å². The highest BCUT2D eigenvalue weighted by Crippen LogP contribution is 2.48. The molecule has 0 aromatic rings. The fourth-order valence-corrected chi connectivity index (χ4v) is 2.42. The smallest absolute Gasteiger partial charge is 0.359 e. The van der Waals surface area contributed by atoms with E-state index in [0.717, 1.165) is 0 Å². The molecule has 4 heteroatoms. The van der Waals surface area contributed by atoms with Crippen molar-refractivity contribution in [2.45, 2.75) is 32.8 Å². The summed E-state index contributed by atoms with van der Waals surface area (Å²) in [5.41, 5.74) is -2.35. The van der Waals surface area contributed by atoms with Crippen molar-refractivity contribution in [1.29, 1.82) is 0 Å². The predicted octanol–water partition coefficient (Wildman–Crippen LogP) is 2.00. The van der Waals surface area contributed by atoms with Crippen molar-refractivity contribution in [3.8, 4) is 0 Å². The van der Waals surface area contributed by atoms with Crippen LogP contribution >= 0.6 is 0 Å². The Morgan fingerprint density at radius 1 is 1.50 bits per heavy atom. The first-order valence-electron chi connectivity index (χ1n) is 6.10. The van der Waals surface area contributed by atoms with Crippen LogP contribution in [-0.2, 0) is 19.1 Å². The van der Waals surface area contributed by atoms with Gasteiger partial charge < -0.3 is 9.47 Å². The van der Waals surface area contributed by atoms with E-state index in [2.05, 4.69) is 6.58 Å². The highest BCUT2D eigenvalue weighted by atomic mass is 16.6. The molecule has 2 heterocycles. The summed E-state index contributed by atoms with van der Waals surface area (Å²) in [5, 5.41) is 0. The average Bonchev–Trinajstić information content (AvgIpc) is 2.74. The molecule has 0 aromatic heterocycles. The zero-order chi connectivity index (χ0) is 13.6. The van der Waals surface area contributed by atoms with E-state index in [1.54, 1.807) is 13.0 Å². The number of rotatable bonds is 3. The molecule has 0 radical (unpaired) electrons. The Bertz CT molecular complexity index is 449. The van der Waals surface area contributed by atoms with Crippen LogP contribution in [0.2, 0.25) is 0 Å². The summed E-state index contributed by atoms with van der Waals surface area (Å²) >= 11 is 0. The molecule has 4 nitrogen and oxygen atoms in total. The molecular formula is C14H18O4. The van der Waals surface area contributed by atoms with Crippen LogP contribution in [0.4, 0.5) is 0 Å². The Kier molecular flexibility index (Phi) is 2.84. The summed E-state index contributed by atoms with van der Waals surface area (Å²) in [7, 11) is 0. The SMILES string of the molecule is C=C[C@@]1(C)COC(=O)[C@@]12OC(CC(C)C)=CC2=O. The third kappa shape index (κ3) is 1.51. The molecule has 2 rings (SSSR count). The van der Waals surface area contributed by atoms with E-state index >= 15 is 0 Å². The van der Waals surface area contributed by atoms with Crippen LogP contribution in [-0.4, -0.2) is 24.0 Å². The molecule has 1 fully saturated rings. The maximum Gasteiger partial charge on any atom is 0.359 e. The van der Waals surface area contributed by atoms with Crippen molar-refractivity contribution in [1.82, 2.24) is 0 Å². The van der Waals surface area contributed by atoms with Crippen molar-refractivity contribution >= 4 is 11.8 Å². The zero-order valence-electron chi connectivity index (χ0n) is 11.0. The van der Waals surface area contributed by atoms with Gasteiger partial charge in [-0.05, 0) is 12.8 Å². The van der Waals surface area contributed by atoms with E-state index in [9.17, 15) is 9.59 Å². The first kappa shape index (κ1) is 12.9. The third-order valence-corrected chi connectivity index (χ3v) is 3.58. The van der Waals surface area contributed by atoms with Crippen LogP contribution in [0.3, 0.4) is 0 Å². The third-order valence-electron chi connectivity index (χ3n) is 3.58. The van der Waals surface area contributed by atoms with Gasteiger partial charge in [-0.2, -0.15) is 0 Å². The molecule has 0 aliphatic carbocycles. The number of allylic oxidation sites excluding steroid dienone is 1. The zero-order valence-corrected chi connectivity index (χ0v) is 11.0. The minimum Gasteiger partial charge on any atom is -0.470 e. The van der Waals surface area contributed by atoms with E-state index in [4.69, 9.17) is 9.47 Å². The van der Waals surface area contributed by atoms with Gasteiger partial charge in [-0.15, -0.1) is 6.58 Å². The summed E-state index contributed by atoms with van der Waals surface area (Å²) < 4.78 is 10.7. The van der Waals surface area contributed by atoms with Crippen molar-refractivity contribution < 1.29 is 19.1 Å². The molecule has 1 spiro atoms. The van der Waals surface area contributed by atoms with Crippen LogP contribution in [0.5, 0.6) is 0 Å². The quantitative estimate of drug-likeness (QED) is 0.437. The van der Waals surface area contributed by atoms with E-state index in [-0.39, 0.29) is 12.4 Å². The van der Waals surface area contributed by atoms with Gasteiger partial charge in [-0.3, -0.25) is 4.79 Å². The second-order valence-corrected chi connectivity index (χ2v) is 5.55. The van der Waals surface area contributed by atoms with Crippen molar-refractivity contribution in [2.24, 2.45) is 11.3 Å². The molecule has 0 unspecified atom stereocenters. The van der Waals surface area contributed by atoms with Gasteiger partial charge >= 0.3 is 5.97 Å². The standard InChI is InChI=1S/C14H18O4/c1-5-13(4)8-17-12(16)14(13)11(15)7-10(18-14)6-9(2)3/h5,7,9H,1,6,8H2,2-4H3/t13-,14+/m0/s1. The molecule has 0 N–H and O–H groups in total. The number of ketones is 1. The first-order chi connectivity index (χ1) is 8.35. The van der Waals surface area contributed by atoms with Gasteiger partial charge in [0, 0.05) is 12.5 Å². The van der Waals surface area contributed by atoms with Crippen LogP contribution < -0.4 is 0 Å². The highest BCUT2D eigenvalue weighted by molar-refractivity contribution is 6.16. The monoisotopic (exact) mass is 250 g/mol. The van der Waals surface area contributed by atoms with Crippen LogP contribution in [0.25, 0.3) is 0 Å². The van der Waals surface area contributed by atoms with E-state index in [0.29, 0.717) is 18.1 Å². The summed E-state index contributed by atoms with van der Waals surface area (Å²) in [5.74, 6) is -0.0264. The molecule has 2 atom stereocenters. The van der Waals surface area contributed by atoms with Crippen molar-refractivity contribution in [2.75, 3.05) is 6.61 Å². The second-order valence-electron chi connectivity index (χ2n) is 5.55. The van der Waals surface area contributed by atoms with Gasteiger partial charge in [0.1, 0.15) is 12.4 Å². The number of carbonyl (C=O) groups excluding carboxylic acids is 2. The fraction of sp³-hybridized carbons (Fsp3) is 0.571. The average molecular weight is 250 g/mol. The number of cyclic esters (lactones) is 1. The second kappa shape index (κ2) is 3.97. The molecule has 98 valence electrons. The first-order valence-corrected chi connectivity index (χ1v) is 6.10. The van der Waals surface area contributed by atoms with Gasteiger partial charge in [-0.25, -0.2) is 4.79 Å². The Labute approximate surface area is 107 Å². The van der Waals surface area contributed by atoms with Gasteiger partial charge in [0.25, 0.3) is 5.60 Å². The Balaban J connectivity index is 2.36. The predicted molar refractivity (Wildman–Crippen MR) is 65.6 cm³/mol. The lowest BCUT2D eigenvalue weighted by atomic mass is 9.73. The molecule has 0 saturated carbocycles. The van der Waals surface area contributed by atoms with Gasteiger partial charge in [-0.1, -0.05) is 19.9 Å². The van der Waals surface area contributed by atoms with Crippen molar-refractivity contribution in [3.63, 3.8) is 0 Å². The Morgan fingerprint density at radius 3 is 2.72 bits per heavy atom. The summed E-state index contributed by atoms with van der Waals surface area (Å²) in [6.45, 7) is 9.64. The maximum absolute atomic E-state index is 12.2. The lowest BCUT2D eigenvalue weighted by Crippen LogP contribution is -2.52. The number of hydrogen-bond donors (Lipinski definition) is 0. The van der Waals surface area contributed by atoms with Crippen LogP contribution in [0, 0.1) is 11.3 Å². The van der Waals surface area contributed by atoms with E-state index in [1.165, 1.54) is 6.08 Å². The van der Waals surface area contributed by atoms with Crippen LogP contribution in [0.15, 0.2) is 24.5 Å². The van der Waals surface area contributed by atoms with Crippen molar-refractivity contribution in [3.05, 3.63) is 24.5 Å². The molecule has 1 saturated heterocycles. The molecule has 0 aromatic carbocycles. The number of ether oxygens (including phenoxy) is 2. The lowest BCUT2D eigenvalue weighted by Gasteiger charge is -2.32. The molecule has 0 bridgehead atoms. The minimum atomic E-state index is -1.54. The molecule has 0 amide bonds. The Hall–Kier alpha value is -1.58. The van der Waals surface area contributed by atoms with E-state index < -0.39 is 17.0 Å². The summed E-state index contributed by atoms with van der Waals surface area (Å²) in [6.07, 6.45) is 3.63. The van der Waals surface area contributed by atoms with E-state index in [1.807, 2.05) is 13.8 Å². The molecular weight excluding hydrogens is 232 g/mol. The molecule has 18 heavy (non-hydrogen) atoms. The molecule has 2 aliphatic rings. The van der Waals surface area contributed by atoms with Gasteiger partial charge in [0.15, 0.2) is 0 Å². The Morgan fingerprint density at radius 2 is 2.17 bits per heavy atom. The van der Waals surface area contributed by atoms with Gasteiger partial charge in [0.05, 0.1) is 5.41 Å². The molecule has 2 aliphatic heterocycles. The topological polar surface area (TPSA) is 52.6 Å². The minimum absolute atomic E-state index is 0.129. The van der Waals surface area contributed by atoms with Gasteiger partial charge in [0.2, 0.25) is 5.78 Å². The number of hydrogen-bond acceptors (Lipinski definition) is 4. The number of esters is 1. The maximum atomic E-state index is 12.2. The largest absolute Gasteiger partial charge is 0.470 e. The highest BCUT2D eigenvalue weighted by Gasteiger charge is 2.68. The normalized spacial score (nSPS) is 34.8.